The van der Waals surface area contributed by atoms with Crippen LogP contribution in [0, 0.1) is 0 Å². The van der Waals surface area contributed by atoms with E-state index in [0.717, 1.165) is 42.6 Å². The van der Waals surface area contributed by atoms with Crippen molar-refractivity contribution in [3.63, 3.8) is 0 Å². The lowest BCUT2D eigenvalue weighted by Gasteiger charge is -2.15. The molecule has 2 N–H and O–H groups in total. The summed E-state index contributed by atoms with van der Waals surface area (Å²) in [6, 6.07) is 8.93. The van der Waals surface area contributed by atoms with Gasteiger partial charge in [0.05, 0.1) is 6.04 Å². The van der Waals surface area contributed by atoms with Gasteiger partial charge in [0, 0.05) is 30.4 Å². The lowest BCUT2D eigenvalue weighted by molar-refractivity contribution is 0.309. The molecule has 0 amide bonds. The molecular formula is C14H18N6. The van der Waals surface area contributed by atoms with Crippen molar-refractivity contribution in [2.45, 2.75) is 31.3 Å². The second-order valence-electron chi connectivity index (χ2n) is 5.74. The lowest BCUT2D eigenvalue weighted by Crippen LogP contribution is -2.24. The zero-order chi connectivity index (χ0) is 13.5. The van der Waals surface area contributed by atoms with Crippen LogP contribution in [0.15, 0.2) is 24.3 Å². The summed E-state index contributed by atoms with van der Waals surface area (Å²) in [4.78, 5) is 2.57. The second kappa shape index (κ2) is 4.56. The number of benzene rings is 1. The molecular weight excluding hydrogens is 252 g/mol. The molecule has 1 aromatic carbocycles. The first-order chi connectivity index (χ1) is 9.81. The number of anilines is 1. The van der Waals surface area contributed by atoms with Gasteiger partial charge in [0.25, 0.3) is 0 Å². The third-order valence-corrected chi connectivity index (χ3v) is 4.27. The number of likely N-dealkylation sites (tertiary alicyclic amines) is 1. The van der Waals surface area contributed by atoms with Crippen molar-refractivity contribution in [2.24, 2.45) is 0 Å². The Labute approximate surface area is 117 Å². The van der Waals surface area contributed by atoms with Gasteiger partial charge in [0.1, 0.15) is 0 Å². The van der Waals surface area contributed by atoms with E-state index in [-0.39, 0.29) is 0 Å². The number of rotatable bonds is 3. The van der Waals surface area contributed by atoms with Crippen molar-refractivity contribution >= 4 is 5.69 Å². The molecule has 6 heteroatoms. The van der Waals surface area contributed by atoms with Gasteiger partial charge in [-0.15, -0.1) is 5.10 Å². The quantitative estimate of drug-likeness (QED) is 0.852. The van der Waals surface area contributed by atoms with Crippen LogP contribution in [0.25, 0.3) is 11.4 Å². The summed E-state index contributed by atoms with van der Waals surface area (Å²) in [7, 11) is 0. The number of nitrogens with two attached hydrogens (primary N) is 1. The highest BCUT2D eigenvalue weighted by molar-refractivity contribution is 5.58. The van der Waals surface area contributed by atoms with E-state index >= 15 is 0 Å². The van der Waals surface area contributed by atoms with E-state index in [0.29, 0.717) is 6.04 Å². The van der Waals surface area contributed by atoms with Gasteiger partial charge in [0.2, 0.25) is 0 Å². The van der Waals surface area contributed by atoms with Crippen LogP contribution in [0.5, 0.6) is 0 Å². The lowest BCUT2D eigenvalue weighted by atomic mass is 10.2. The fourth-order valence-electron chi connectivity index (χ4n) is 3.00. The van der Waals surface area contributed by atoms with E-state index in [1.165, 1.54) is 12.8 Å². The highest BCUT2D eigenvalue weighted by atomic mass is 15.6. The largest absolute Gasteiger partial charge is 0.399 e. The van der Waals surface area contributed by atoms with Crippen molar-refractivity contribution in [2.75, 3.05) is 18.8 Å². The normalized spacial score (nSPS) is 23.3. The third-order valence-electron chi connectivity index (χ3n) is 4.27. The van der Waals surface area contributed by atoms with E-state index in [2.05, 4.69) is 20.4 Å². The molecule has 2 aliphatic rings. The predicted octanol–water partition coefficient (Wildman–Crippen LogP) is 1.33. The summed E-state index contributed by atoms with van der Waals surface area (Å²) in [5, 5.41) is 12.3. The number of hydrogen-bond donors (Lipinski definition) is 1. The molecule has 0 radical (unpaired) electrons. The number of hydrogen-bond acceptors (Lipinski definition) is 5. The molecule has 1 saturated heterocycles. The first-order valence-corrected chi connectivity index (χ1v) is 7.19. The molecule has 20 heavy (non-hydrogen) atoms. The maximum Gasteiger partial charge on any atom is 0.182 e. The zero-order valence-electron chi connectivity index (χ0n) is 11.3. The molecule has 2 fully saturated rings. The fraction of sp³-hybridized carbons (Fsp3) is 0.500. The molecule has 1 saturated carbocycles. The molecule has 0 bridgehead atoms. The Morgan fingerprint density at radius 1 is 1.05 bits per heavy atom. The van der Waals surface area contributed by atoms with Gasteiger partial charge in [-0.25, -0.2) is 4.68 Å². The first-order valence-electron chi connectivity index (χ1n) is 7.19. The number of tetrazole rings is 1. The molecule has 2 heterocycles. The number of nitrogen functional groups attached to an aromatic ring is 1. The second-order valence-corrected chi connectivity index (χ2v) is 5.74. The Kier molecular flexibility index (Phi) is 2.70. The molecule has 1 unspecified atom stereocenters. The molecule has 104 valence electrons. The van der Waals surface area contributed by atoms with E-state index in [1.807, 2.05) is 28.9 Å². The molecule has 1 aliphatic carbocycles. The van der Waals surface area contributed by atoms with Crippen molar-refractivity contribution in [3.05, 3.63) is 24.3 Å². The Morgan fingerprint density at radius 2 is 1.85 bits per heavy atom. The van der Waals surface area contributed by atoms with Crippen LogP contribution in [-0.4, -0.2) is 44.2 Å². The fourth-order valence-corrected chi connectivity index (χ4v) is 3.00. The summed E-state index contributed by atoms with van der Waals surface area (Å²) in [6.45, 7) is 2.23. The van der Waals surface area contributed by atoms with Gasteiger partial charge in [-0.05, 0) is 54.0 Å². The smallest absolute Gasteiger partial charge is 0.182 e. The standard InChI is InChI=1S/C14H18N6/c15-11-3-1-10(2-4-11)14-16-17-18-20(14)13-7-8-19(9-13)12-5-6-12/h1-4,12-13H,5-9,15H2. The predicted molar refractivity (Wildman–Crippen MR) is 75.9 cm³/mol. The van der Waals surface area contributed by atoms with E-state index in [4.69, 9.17) is 5.73 Å². The van der Waals surface area contributed by atoms with E-state index in [9.17, 15) is 0 Å². The van der Waals surface area contributed by atoms with E-state index < -0.39 is 0 Å². The summed E-state index contributed by atoms with van der Waals surface area (Å²) in [5.41, 5.74) is 7.51. The van der Waals surface area contributed by atoms with Crippen LogP contribution in [0.1, 0.15) is 25.3 Å². The summed E-state index contributed by atoms with van der Waals surface area (Å²) >= 11 is 0. The van der Waals surface area contributed by atoms with Gasteiger partial charge in [-0.3, -0.25) is 4.90 Å². The topological polar surface area (TPSA) is 72.9 Å². The van der Waals surface area contributed by atoms with Gasteiger partial charge in [-0.2, -0.15) is 0 Å². The first kappa shape index (κ1) is 11.8. The zero-order valence-corrected chi connectivity index (χ0v) is 11.3. The van der Waals surface area contributed by atoms with Crippen LogP contribution in [0.2, 0.25) is 0 Å². The minimum absolute atomic E-state index is 0.387. The van der Waals surface area contributed by atoms with Gasteiger partial charge < -0.3 is 5.73 Å². The van der Waals surface area contributed by atoms with Crippen molar-refractivity contribution in [3.8, 4) is 11.4 Å². The minimum Gasteiger partial charge on any atom is -0.399 e. The Balaban J connectivity index is 1.60. The SMILES string of the molecule is Nc1ccc(-c2nnnn2C2CCN(C3CC3)C2)cc1. The molecule has 1 aromatic heterocycles. The van der Waals surface area contributed by atoms with Gasteiger partial charge >= 0.3 is 0 Å². The maximum absolute atomic E-state index is 5.73. The Bertz CT molecular complexity index is 600. The van der Waals surface area contributed by atoms with Crippen LogP contribution < -0.4 is 5.73 Å². The van der Waals surface area contributed by atoms with Crippen LogP contribution >= 0.6 is 0 Å². The summed E-state index contributed by atoms with van der Waals surface area (Å²) < 4.78 is 1.98. The Morgan fingerprint density at radius 3 is 2.60 bits per heavy atom. The Hall–Kier alpha value is -1.95. The van der Waals surface area contributed by atoms with Crippen LogP contribution in [0.4, 0.5) is 5.69 Å². The molecule has 0 spiro atoms. The summed E-state index contributed by atoms with van der Waals surface area (Å²) in [5.74, 6) is 0.840. The van der Waals surface area contributed by atoms with Crippen LogP contribution in [-0.2, 0) is 0 Å². The number of aromatic nitrogens is 4. The molecule has 4 rings (SSSR count). The molecule has 6 nitrogen and oxygen atoms in total. The molecule has 2 aromatic rings. The average molecular weight is 270 g/mol. The highest BCUT2D eigenvalue weighted by Crippen LogP contribution is 2.34. The highest BCUT2D eigenvalue weighted by Gasteiger charge is 2.36. The van der Waals surface area contributed by atoms with Crippen molar-refractivity contribution in [1.82, 2.24) is 25.1 Å². The molecule has 1 atom stereocenters. The summed E-state index contributed by atoms with van der Waals surface area (Å²) in [6.07, 6.45) is 3.84. The third kappa shape index (κ3) is 2.06. The minimum atomic E-state index is 0.387. The van der Waals surface area contributed by atoms with Crippen molar-refractivity contribution < 1.29 is 0 Å². The van der Waals surface area contributed by atoms with E-state index in [1.54, 1.807) is 0 Å². The van der Waals surface area contributed by atoms with Gasteiger partial charge in [0.15, 0.2) is 5.82 Å². The number of nitrogens with zero attached hydrogens (tertiary/aromatic N) is 5. The monoisotopic (exact) mass is 270 g/mol. The van der Waals surface area contributed by atoms with Gasteiger partial charge in [-0.1, -0.05) is 0 Å². The average Bonchev–Trinajstić information content (AvgIpc) is 3.01. The van der Waals surface area contributed by atoms with Crippen molar-refractivity contribution in [1.29, 1.82) is 0 Å². The molecule has 1 aliphatic heterocycles. The van der Waals surface area contributed by atoms with Crippen LogP contribution in [0.3, 0.4) is 0 Å². The maximum atomic E-state index is 5.73.